The van der Waals surface area contributed by atoms with Gasteiger partial charge in [0.15, 0.2) is 11.5 Å². The van der Waals surface area contributed by atoms with Crippen LogP contribution in [0.4, 0.5) is 4.39 Å². The molecule has 0 aliphatic carbocycles. The lowest BCUT2D eigenvalue weighted by atomic mass is 9.96. The van der Waals surface area contributed by atoms with Crippen molar-refractivity contribution in [2.24, 2.45) is 0 Å². The number of benzene rings is 2. The molecule has 2 aliphatic heterocycles. The van der Waals surface area contributed by atoms with Crippen molar-refractivity contribution in [3.63, 3.8) is 0 Å². The van der Waals surface area contributed by atoms with Gasteiger partial charge in [-0.1, -0.05) is 12.1 Å². The molecule has 0 bridgehead atoms. The average Bonchev–Trinajstić information content (AvgIpc) is 3.28. The molecule has 0 saturated carbocycles. The summed E-state index contributed by atoms with van der Waals surface area (Å²) < 4.78 is 30.3. The highest BCUT2D eigenvalue weighted by molar-refractivity contribution is 5.95. The van der Waals surface area contributed by atoms with E-state index in [1.54, 1.807) is 24.3 Å². The van der Waals surface area contributed by atoms with Crippen molar-refractivity contribution in [1.82, 2.24) is 10.6 Å². The van der Waals surface area contributed by atoms with E-state index in [1.807, 2.05) is 0 Å². The van der Waals surface area contributed by atoms with Crippen LogP contribution >= 0.6 is 0 Å². The van der Waals surface area contributed by atoms with Crippen molar-refractivity contribution in [2.75, 3.05) is 19.9 Å². The van der Waals surface area contributed by atoms with Crippen LogP contribution < -0.4 is 20.1 Å². The highest BCUT2D eigenvalue weighted by Crippen LogP contribution is 2.32. The van der Waals surface area contributed by atoms with E-state index in [0.29, 0.717) is 42.9 Å². The maximum atomic E-state index is 13.8. The Hall–Kier alpha value is -3.17. The molecule has 4 rings (SSSR count). The Morgan fingerprint density at radius 1 is 1.06 bits per heavy atom. The Bertz CT molecular complexity index is 985. The first kappa shape index (κ1) is 22.0. The van der Waals surface area contributed by atoms with E-state index in [4.69, 9.17) is 14.2 Å². The standard InChI is InChI=1S/C23H25FN2O6/c24-17-4-2-1-3-16(17)23(29)26-18-7-6-15(32-21(18)12-27)9-10-25-22(28)14-5-8-19-20(11-14)31-13-30-19/h1-5,8,11,15,18,21,27H,6-7,9-10,12-13H2,(H,25,28)(H,26,29)/t15-,18-,21-/m1/s1. The van der Waals surface area contributed by atoms with Crippen molar-refractivity contribution in [3.05, 3.63) is 59.4 Å². The molecular formula is C23H25FN2O6. The quantitative estimate of drug-likeness (QED) is 0.603. The summed E-state index contributed by atoms with van der Waals surface area (Å²) in [6.45, 7) is 0.262. The molecule has 3 atom stereocenters. The number of amides is 2. The van der Waals surface area contributed by atoms with Gasteiger partial charge in [0.2, 0.25) is 6.79 Å². The summed E-state index contributed by atoms with van der Waals surface area (Å²) in [5.41, 5.74) is 0.431. The van der Waals surface area contributed by atoms with Gasteiger partial charge in [0.1, 0.15) is 11.9 Å². The van der Waals surface area contributed by atoms with Gasteiger partial charge in [-0.3, -0.25) is 9.59 Å². The lowest BCUT2D eigenvalue weighted by Gasteiger charge is -2.36. The zero-order valence-electron chi connectivity index (χ0n) is 17.4. The normalized spacial score (nSPS) is 21.8. The van der Waals surface area contributed by atoms with Gasteiger partial charge in [0.25, 0.3) is 11.8 Å². The van der Waals surface area contributed by atoms with Crippen LogP contribution in [-0.4, -0.2) is 55.1 Å². The van der Waals surface area contributed by atoms with Gasteiger partial charge in [-0.2, -0.15) is 0 Å². The first-order valence-corrected chi connectivity index (χ1v) is 10.5. The molecule has 2 aliphatic rings. The molecule has 1 saturated heterocycles. The van der Waals surface area contributed by atoms with E-state index in [2.05, 4.69) is 10.6 Å². The molecule has 1 fully saturated rings. The Labute approximate surface area is 184 Å². The lowest BCUT2D eigenvalue weighted by molar-refractivity contribution is -0.0893. The number of nitrogens with one attached hydrogen (secondary N) is 2. The van der Waals surface area contributed by atoms with Gasteiger partial charge in [-0.25, -0.2) is 4.39 Å². The van der Waals surface area contributed by atoms with Gasteiger partial charge >= 0.3 is 0 Å². The maximum Gasteiger partial charge on any atom is 0.254 e. The van der Waals surface area contributed by atoms with E-state index in [1.165, 1.54) is 18.2 Å². The van der Waals surface area contributed by atoms with Crippen LogP contribution in [0, 0.1) is 5.82 Å². The number of fused-ring (bicyclic) bond motifs is 1. The number of aliphatic hydroxyl groups is 1. The number of carbonyl (C=O) groups excluding carboxylic acids is 2. The van der Waals surface area contributed by atoms with Gasteiger partial charge in [0.05, 0.1) is 24.3 Å². The SMILES string of the molecule is O=C(NCC[C@H]1CC[C@@H](NC(=O)c2ccccc2F)[C@@H](CO)O1)c1ccc2c(c1)OCO2. The Balaban J connectivity index is 1.25. The van der Waals surface area contributed by atoms with E-state index in [-0.39, 0.29) is 31.0 Å². The van der Waals surface area contributed by atoms with Crippen molar-refractivity contribution in [1.29, 1.82) is 0 Å². The fourth-order valence-corrected chi connectivity index (χ4v) is 3.89. The maximum absolute atomic E-state index is 13.8. The number of halogens is 1. The Morgan fingerprint density at radius 2 is 1.88 bits per heavy atom. The summed E-state index contributed by atoms with van der Waals surface area (Å²) in [4.78, 5) is 24.8. The molecule has 2 amide bonds. The third-order valence-electron chi connectivity index (χ3n) is 5.62. The summed E-state index contributed by atoms with van der Waals surface area (Å²) in [6.07, 6.45) is 0.992. The van der Waals surface area contributed by atoms with E-state index in [0.717, 1.165) is 0 Å². The molecule has 2 aromatic rings. The average molecular weight is 444 g/mol. The molecule has 2 heterocycles. The minimum Gasteiger partial charge on any atom is -0.454 e. The van der Waals surface area contributed by atoms with Crippen LogP contribution in [-0.2, 0) is 4.74 Å². The second-order valence-electron chi connectivity index (χ2n) is 7.73. The molecule has 3 N–H and O–H groups in total. The van der Waals surface area contributed by atoms with Crippen LogP contribution in [0.2, 0.25) is 0 Å². The summed E-state index contributed by atoms with van der Waals surface area (Å²) in [6, 6.07) is 10.3. The van der Waals surface area contributed by atoms with Crippen molar-refractivity contribution < 1.29 is 33.3 Å². The summed E-state index contributed by atoms with van der Waals surface area (Å²) >= 11 is 0. The van der Waals surface area contributed by atoms with Crippen molar-refractivity contribution in [2.45, 2.75) is 37.5 Å². The highest BCUT2D eigenvalue weighted by atomic mass is 19.1. The predicted molar refractivity (Wildman–Crippen MR) is 112 cm³/mol. The molecule has 32 heavy (non-hydrogen) atoms. The Kier molecular flexibility index (Phi) is 6.87. The van der Waals surface area contributed by atoms with Crippen LogP contribution in [0.5, 0.6) is 11.5 Å². The smallest absolute Gasteiger partial charge is 0.254 e. The minimum absolute atomic E-state index is 0.0439. The second-order valence-corrected chi connectivity index (χ2v) is 7.73. The van der Waals surface area contributed by atoms with Crippen LogP contribution in [0.1, 0.15) is 40.0 Å². The summed E-state index contributed by atoms with van der Waals surface area (Å²) in [5, 5.41) is 15.3. The fraction of sp³-hybridized carbons (Fsp3) is 0.391. The molecule has 2 aromatic carbocycles. The molecule has 170 valence electrons. The van der Waals surface area contributed by atoms with Crippen LogP contribution in [0.15, 0.2) is 42.5 Å². The molecule has 0 spiro atoms. The Morgan fingerprint density at radius 3 is 2.69 bits per heavy atom. The van der Waals surface area contributed by atoms with Gasteiger partial charge in [0, 0.05) is 12.1 Å². The van der Waals surface area contributed by atoms with Gasteiger partial charge < -0.3 is 30.0 Å². The lowest BCUT2D eigenvalue weighted by Crippen LogP contribution is -2.51. The fourth-order valence-electron chi connectivity index (χ4n) is 3.89. The predicted octanol–water partition coefficient (Wildman–Crippen LogP) is 2.01. The highest BCUT2D eigenvalue weighted by Gasteiger charge is 2.32. The monoisotopic (exact) mass is 444 g/mol. The van der Waals surface area contributed by atoms with Crippen LogP contribution in [0.25, 0.3) is 0 Å². The number of hydrogen-bond donors (Lipinski definition) is 3. The number of rotatable bonds is 7. The summed E-state index contributed by atoms with van der Waals surface area (Å²) in [5.74, 6) is -0.206. The molecule has 0 unspecified atom stereocenters. The molecule has 8 nitrogen and oxygen atoms in total. The van der Waals surface area contributed by atoms with Gasteiger partial charge in [-0.05, 0) is 49.6 Å². The summed E-state index contributed by atoms with van der Waals surface area (Å²) in [7, 11) is 0. The van der Waals surface area contributed by atoms with Crippen molar-refractivity contribution in [3.8, 4) is 11.5 Å². The van der Waals surface area contributed by atoms with Gasteiger partial charge in [-0.15, -0.1) is 0 Å². The first-order chi connectivity index (χ1) is 15.5. The number of hydrogen-bond acceptors (Lipinski definition) is 6. The third-order valence-corrected chi connectivity index (χ3v) is 5.62. The van der Waals surface area contributed by atoms with E-state index < -0.39 is 23.9 Å². The number of ether oxygens (including phenoxy) is 3. The minimum atomic E-state index is -0.603. The molecule has 0 aromatic heterocycles. The zero-order valence-corrected chi connectivity index (χ0v) is 17.4. The second kappa shape index (κ2) is 9.97. The third kappa shape index (κ3) is 5.00. The molecule has 9 heteroatoms. The largest absolute Gasteiger partial charge is 0.454 e. The number of aliphatic hydroxyl groups excluding tert-OH is 1. The molecular weight excluding hydrogens is 419 g/mol. The topological polar surface area (TPSA) is 106 Å². The van der Waals surface area contributed by atoms with Crippen molar-refractivity contribution >= 4 is 11.8 Å². The van der Waals surface area contributed by atoms with E-state index in [9.17, 15) is 19.1 Å². The first-order valence-electron chi connectivity index (χ1n) is 10.5. The number of carbonyl (C=O) groups is 2. The zero-order chi connectivity index (χ0) is 22.5. The van der Waals surface area contributed by atoms with Crippen LogP contribution in [0.3, 0.4) is 0 Å². The molecule has 0 radical (unpaired) electrons. The van der Waals surface area contributed by atoms with E-state index >= 15 is 0 Å².